The zero-order chi connectivity index (χ0) is 22.0. The van der Waals surface area contributed by atoms with Crippen molar-refractivity contribution in [3.8, 4) is 11.5 Å². The van der Waals surface area contributed by atoms with Crippen LogP contribution in [0.1, 0.15) is 29.2 Å². The molecule has 4 rings (SSSR count). The summed E-state index contributed by atoms with van der Waals surface area (Å²) in [6.07, 6.45) is 0.415. The highest BCUT2D eigenvalue weighted by atomic mass is 32.2. The molecule has 0 spiro atoms. The van der Waals surface area contributed by atoms with Gasteiger partial charge in [0, 0.05) is 12.0 Å². The van der Waals surface area contributed by atoms with E-state index in [1.807, 2.05) is 43.3 Å². The van der Waals surface area contributed by atoms with Crippen LogP contribution in [0.5, 0.6) is 11.5 Å². The third-order valence-corrected chi connectivity index (χ3v) is 7.04. The van der Waals surface area contributed by atoms with Gasteiger partial charge in [0.2, 0.25) is 0 Å². The summed E-state index contributed by atoms with van der Waals surface area (Å²) in [5.74, 6) is 1.26. The van der Waals surface area contributed by atoms with Gasteiger partial charge in [-0.25, -0.2) is 0 Å². The molecule has 0 amide bonds. The molecule has 1 aliphatic rings. The van der Waals surface area contributed by atoms with Crippen molar-refractivity contribution in [3.63, 3.8) is 0 Å². The zero-order valence-electron chi connectivity index (χ0n) is 17.6. The highest BCUT2D eigenvalue weighted by Gasteiger charge is 2.38. The van der Waals surface area contributed by atoms with E-state index in [2.05, 4.69) is 5.10 Å². The Hall–Kier alpha value is -3.32. The van der Waals surface area contributed by atoms with Crippen LogP contribution in [-0.4, -0.2) is 32.8 Å². The molecule has 0 N–H and O–H groups in total. The summed E-state index contributed by atoms with van der Waals surface area (Å²) in [6, 6.07) is 21.3. The number of hydrogen-bond acceptors (Lipinski definition) is 5. The Labute approximate surface area is 182 Å². The summed E-state index contributed by atoms with van der Waals surface area (Å²) < 4.78 is 39.2. The molecular weight excluding hydrogens is 412 g/mol. The van der Waals surface area contributed by atoms with Crippen molar-refractivity contribution in [2.24, 2.45) is 5.10 Å². The Morgan fingerprint density at radius 2 is 1.65 bits per heavy atom. The van der Waals surface area contributed by atoms with Gasteiger partial charge in [-0.05, 0) is 42.8 Å². The van der Waals surface area contributed by atoms with Crippen molar-refractivity contribution >= 4 is 15.7 Å². The molecule has 7 heteroatoms. The molecule has 0 radical (unpaired) electrons. The maximum absolute atomic E-state index is 13.5. The minimum absolute atomic E-state index is 0.210. The van der Waals surface area contributed by atoms with Crippen molar-refractivity contribution in [2.75, 3.05) is 14.2 Å². The first-order valence-corrected chi connectivity index (χ1v) is 11.3. The third-order valence-electron chi connectivity index (χ3n) is 5.34. The maximum atomic E-state index is 13.5. The highest BCUT2D eigenvalue weighted by molar-refractivity contribution is 7.89. The zero-order valence-corrected chi connectivity index (χ0v) is 18.5. The summed E-state index contributed by atoms with van der Waals surface area (Å²) >= 11 is 0. The van der Waals surface area contributed by atoms with E-state index in [0.29, 0.717) is 29.2 Å². The number of benzene rings is 3. The average Bonchev–Trinajstić information content (AvgIpc) is 3.26. The molecule has 3 aromatic carbocycles. The molecule has 160 valence electrons. The van der Waals surface area contributed by atoms with E-state index in [4.69, 9.17) is 9.47 Å². The SMILES string of the molecule is COc1ccc(OC)c(C2=NN(S(=O)(=O)c3ccc(C)cc3)C(c3ccccc3)C2)c1. The summed E-state index contributed by atoms with van der Waals surface area (Å²) in [5, 5.41) is 4.60. The largest absolute Gasteiger partial charge is 0.497 e. The third kappa shape index (κ3) is 4.01. The Balaban J connectivity index is 1.84. The lowest BCUT2D eigenvalue weighted by molar-refractivity contribution is 0.371. The molecule has 1 aliphatic heterocycles. The maximum Gasteiger partial charge on any atom is 0.279 e. The van der Waals surface area contributed by atoms with Crippen molar-refractivity contribution in [2.45, 2.75) is 24.3 Å². The quantitative estimate of drug-likeness (QED) is 0.568. The number of hydrazone groups is 1. The summed E-state index contributed by atoms with van der Waals surface area (Å²) in [4.78, 5) is 0.210. The predicted molar refractivity (Wildman–Crippen MR) is 120 cm³/mol. The van der Waals surface area contributed by atoms with Gasteiger partial charge in [0.1, 0.15) is 11.5 Å². The fraction of sp³-hybridized carbons (Fsp3) is 0.208. The fourth-order valence-electron chi connectivity index (χ4n) is 3.65. The van der Waals surface area contributed by atoms with Crippen LogP contribution in [0.25, 0.3) is 0 Å². The first-order valence-electron chi connectivity index (χ1n) is 9.90. The lowest BCUT2D eigenvalue weighted by Gasteiger charge is -2.23. The topological polar surface area (TPSA) is 68.2 Å². The van der Waals surface area contributed by atoms with Crippen molar-refractivity contribution in [3.05, 3.63) is 89.5 Å². The van der Waals surface area contributed by atoms with Gasteiger partial charge in [-0.1, -0.05) is 48.0 Å². The van der Waals surface area contributed by atoms with Crippen molar-refractivity contribution < 1.29 is 17.9 Å². The van der Waals surface area contributed by atoms with E-state index in [0.717, 1.165) is 11.1 Å². The Morgan fingerprint density at radius 3 is 2.29 bits per heavy atom. The van der Waals surface area contributed by atoms with Gasteiger partial charge in [-0.3, -0.25) is 0 Å². The summed E-state index contributed by atoms with van der Waals surface area (Å²) in [7, 11) is -0.689. The normalized spacial score (nSPS) is 16.2. The van der Waals surface area contributed by atoms with E-state index in [1.165, 1.54) is 4.41 Å². The molecule has 3 aromatic rings. The first kappa shape index (κ1) is 20.9. The second-order valence-corrected chi connectivity index (χ2v) is 9.13. The number of sulfonamides is 1. The standard InChI is InChI=1S/C24H24N2O4S/c1-17-9-12-20(13-10-17)31(27,28)26-23(18-7-5-4-6-8-18)16-22(25-26)21-15-19(29-2)11-14-24(21)30-3/h4-15,23H,16H2,1-3H3. The van der Waals surface area contributed by atoms with Crippen LogP contribution in [-0.2, 0) is 10.0 Å². The molecule has 1 heterocycles. The van der Waals surface area contributed by atoms with Crippen molar-refractivity contribution in [1.82, 2.24) is 4.41 Å². The average molecular weight is 437 g/mol. The van der Waals surface area contributed by atoms with Crippen LogP contribution in [0.2, 0.25) is 0 Å². The van der Waals surface area contributed by atoms with E-state index < -0.39 is 16.1 Å². The van der Waals surface area contributed by atoms with E-state index >= 15 is 0 Å². The Morgan fingerprint density at radius 1 is 0.935 bits per heavy atom. The Kier molecular flexibility index (Phi) is 5.69. The number of nitrogens with zero attached hydrogens (tertiary/aromatic N) is 2. The fourth-order valence-corrected chi connectivity index (χ4v) is 5.09. The van der Waals surface area contributed by atoms with Crippen LogP contribution in [0, 0.1) is 6.92 Å². The van der Waals surface area contributed by atoms with Gasteiger partial charge in [0.05, 0.1) is 30.9 Å². The monoisotopic (exact) mass is 436 g/mol. The molecule has 31 heavy (non-hydrogen) atoms. The van der Waals surface area contributed by atoms with Crippen LogP contribution in [0.15, 0.2) is 82.8 Å². The molecule has 1 unspecified atom stereocenters. The summed E-state index contributed by atoms with van der Waals surface area (Å²) in [6.45, 7) is 1.92. The second-order valence-electron chi connectivity index (χ2n) is 7.33. The molecule has 0 aromatic heterocycles. The molecule has 0 aliphatic carbocycles. The minimum atomic E-state index is -3.86. The van der Waals surface area contributed by atoms with Crippen LogP contribution >= 0.6 is 0 Å². The van der Waals surface area contributed by atoms with Gasteiger partial charge >= 0.3 is 0 Å². The van der Waals surface area contributed by atoms with Gasteiger partial charge in [-0.2, -0.15) is 17.9 Å². The summed E-state index contributed by atoms with van der Waals surface area (Å²) in [5.41, 5.74) is 3.20. The van der Waals surface area contributed by atoms with Gasteiger partial charge < -0.3 is 9.47 Å². The van der Waals surface area contributed by atoms with Crippen LogP contribution in [0.4, 0.5) is 0 Å². The van der Waals surface area contributed by atoms with Crippen LogP contribution < -0.4 is 9.47 Å². The Bertz CT molecular complexity index is 1210. The second kappa shape index (κ2) is 8.43. The predicted octanol–water partition coefficient (Wildman–Crippen LogP) is 4.55. The van der Waals surface area contributed by atoms with Gasteiger partial charge in [0.15, 0.2) is 0 Å². The molecule has 0 fully saturated rings. The van der Waals surface area contributed by atoms with Crippen LogP contribution in [0.3, 0.4) is 0 Å². The number of aryl methyl sites for hydroxylation is 1. The lowest BCUT2D eigenvalue weighted by Crippen LogP contribution is -2.27. The molecule has 0 bridgehead atoms. The van der Waals surface area contributed by atoms with Gasteiger partial charge in [-0.15, -0.1) is 0 Å². The first-order chi connectivity index (χ1) is 14.9. The van der Waals surface area contributed by atoms with E-state index in [9.17, 15) is 8.42 Å². The molecule has 0 saturated carbocycles. The number of methoxy groups -OCH3 is 2. The highest BCUT2D eigenvalue weighted by Crippen LogP contribution is 2.39. The van der Waals surface area contributed by atoms with Gasteiger partial charge in [0.25, 0.3) is 10.0 Å². The lowest BCUT2D eigenvalue weighted by atomic mass is 9.98. The smallest absolute Gasteiger partial charge is 0.279 e. The number of hydrogen-bond donors (Lipinski definition) is 0. The molecule has 1 atom stereocenters. The van der Waals surface area contributed by atoms with E-state index in [-0.39, 0.29) is 4.90 Å². The number of ether oxygens (including phenoxy) is 2. The number of rotatable bonds is 6. The minimum Gasteiger partial charge on any atom is -0.497 e. The van der Waals surface area contributed by atoms with E-state index in [1.54, 1.807) is 50.6 Å². The molecular formula is C24H24N2O4S. The molecule has 6 nitrogen and oxygen atoms in total. The molecule has 0 saturated heterocycles. The van der Waals surface area contributed by atoms with Crippen molar-refractivity contribution in [1.29, 1.82) is 0 Å².